The van der Waals surface area contributed by atoms with Gasteiger partial charge in [-0.2, -0.15) is 11.8 Å². The fourth-order valence-corrected chi connectivity index (χ4v) is 3.06. The van der Waals surface area contributed by atoms with E-state index in [1.54, 1.807) is 0 Å². The molecule has 0 spiro atoms. The Morgan fingerprint density at radius 1 is 1.18 bits per heavy atom. The van der Waals surface area contributed by atoms with Crippen molar-refractivity contribution in [2.24, 2.45) is 11.8 Å². The molecule has 1 aliphatic heterocycles. The molecular formula is C9H16OS. The first kappa shape index (κ1) is 7.93. The second kappa shape index (κ2) is 3.36. The Labute approximate surface area is 72.6 Å². The number of thioether (sulfide) groups is 1. The Hall–Kier alpha value is 0.310. The van der Waals surface area contributed by atoms with E-state index in [0.717, 1.165) is 0 Å². The first-order valence-electron chi connectivity index (χ1n) is 4.64. The monoisotopic (exact) mass is 172 g/mol. The van der Waals surface area contributed by atoms with Crippen LogP contribution in [0.25, 0.3) is 0 Å². The van der Waals surface area contributed by atoms with Crippen molar-refractivity contribution >= 4 is 11.8 Å². The lowest BCUT2D eigenvalue weighted by Crippen LogP contribution is -2.27. The highest BCUT2D eigenvalue weighted by molar-refractivity contribution is 7.99. The molecule has 2 heteroatoms. The van der Waals surface area contributed by atoms with Gasteiger partial charge in [0.05, 0.1) is 6.10 Å². The van der Waals surface area contributed by atoms with Crippen LogP contribution in [0.4, 0.5) is 0 Å². The summed E-state index contributed by atoms with van der Waals surface area (Å²) in [7, 11) is 0. The molecule has 0 radical (unpaired) electrons. The summed E-state index contributed by atoms with van der Waals surface area (Å²) in [6.45, 7) is 0. The Balaban J connectivity index is 1.81. The first-order chi connectivity index (χ1) is 5.38. The predicted molar refractivity (Wildman–Crippen MR) is 48.8 cm³/mol. The molecule has 11 heavy (non-hydrogen) atoms. The largest absolute Gasteiger partial charge is 0.393 e. The highest BCUT2D eigenvalue weighted by Gasteiger charge is 2.35. The average Bonchev–Trinajstić information content (AvgIpc) is 2.87. The van der Waals surface area contributed by atoms with Crippen molar-refractivity contribution in [1.29, 1.82) is 0 Å². The zero-order valence-electron chi connectivity index (χ0n) is 6.83. The molecule has 2 aliphatic rings. The van der Waals surface area contributed by atoms with Gasteiger partial charge in [-0.1, -0.05) is 0 Å². The van der Waals surface area contributed by atoms with Crippen molar-refractivity contribution in [2.75, 3.05) is 11.5 Å². The van der Waals surface area contributed by atoms with Crippen LogP contribution in [0.3, 0.4) is 0 Å². The van der Waals surface area contributed by atoms with E-state index >= 15 is 0 Å². The van der Waals surface area contributed by atoms with E-state index in [2.05, 4.69) is 0 Å². The smallest absolute Gasteiger partial charge is 0.0604 e. The number of aliphatic hydroxyl groups is 1. The normalized spacial score (nSPS) is 35.2. The van der Waals surface area contributed by atoms with Crippen LogP contribution in [0.2, 0.25) is 0 Å². The van der Waals surface area contributed by atoms with Gasteiger partial charge in [-0.25, -0.2) is 0 Å². The van der Waals surface area contributed by atoms with E-state index in [4.69, 9.17) is 0 Å². The molecule has 0 aromatic rings. The Kier molecular flexibility index (Phi) is 2.42. The molecule has 0 aromatic carbocycles. The number of rotatable bonds is 2. The van der Waals surface area contributed by atoms with Crippen LogP contribution in [0.5, 0.6) is 0 Å². The van der Waals surface area contributed by atoms with E-state index in [9.17, 15) is 5.11 Å². The van der Waals surface area contributed by atoms with Crippen LogP contribution in [-0.4, -0.2) is 22.7 Å². The van der Waals surface area contributed by atoms with Crippen molar-refractivity contribution in [3.8, 4) is 0 Å². The first-order valence-corrected chi connectivity index (χ1v) is 5.79. The molecule has 1 saturated heterocycles. The minimum absolute atomic E-state index is 0.0443. The second-order valence-electron chi connectivity index (χ2n) is 3.81. The fourth-order valence-electron chi connectivity index (χ4n) is 1.86. The molecule has 2 atom stereocenters. The summed E-state index contributed by atoms with van der Waals surface area (Å²) < 4.78 is 0. The summed E-state index contributed by atoms with van der Waals surface area (Å²) >= 11 is 2.02. The van der Waals surface area contributed by atoms with Gasteiger partial charge in [0.15, 0.2) is 0 Å². The van der Waals surface area contributed by atoms with Gasteiger partial charge in [-0.3, -0.25) is 0 Å². The van der Waals surface area contributed by atoms with Crippen LogP contribution in [0, 0.1) is 11.8 Å². The van der Waals surface area contributed by atoms with Crippen LogP contribution in [-0.2, 0) is 0 Å². The van der Waals surface area contributed by atoms with Crippen molar-refractivity contribution in [3.05, 3.63) is 0 Å². The Bertz CT molecular complexity index is 128. The third kappa shape index (κ3) is 1.91. The molecule has 0 bridgehead atoms. The number of hydrogen-bond donors (Lipinski definition) is 1. The molecule has 1 heterocycles. The van der Waals surface area contributed by atoms with Crippen molar-refractivity contribution in [3.63, 3.8) is 0 Å². The van der Waals surface area contributed by atoms with Gasteiger partial charge in [0.2, 0.25) is 0 Å². The summed E-state index contributed by atoms with van der Waals surface area (Å²) in [6, 6.07) is 0. The topological polar surface area (TPSA) is 20.2 Å². The van der Waals surface area contributed by atoms with Crippen LogP contribution >= 0.6 is 11.8 Å². The molecule has 64 valence electrons. The summed E-state index contributed by atoms with van der Waals surface area (Å²) in [4.78, 5) is 0. The van der Waals surface area contributed by atoms with Gasteiger partial charge >= 0.3 is 0 Å². The summed E-state index contributed by atoms with van der Waals surface area (Å²) in [6.07, 6.45) is 5.19. The van der Waals surface area contributed by atoms with Gasteiger partial charge in [0.25, 0.3) is 0 Å². The highest BCUT2D eigenvalue weighted by Crippen LogP contribution is 2.39. The summed E-state index contributed by atoms with van der Waals surface area (Å²) in [5.41, 5.74) is 0. The molecule has 0 aromatic heterocycles. The maximum Gasteiger partial charge on any atom is 0.0604 e. The van der Waals surface area contributed by atoms with Gasteiger partial charge < -0.3 is 5.11 Å². The van der Waals surface area contributed by atoms with Gasteiger partial charge in [-0.05, 0) is 49.0 Å². The summed E-state index contributed by atoms with van der Waals surface area (Å²) in [5.74, 6) is 3.82. The highest BCUT2D eigenvalue weighted by atomic mass is 32.2. The zero-order valence-corrected chi connectivity index (χ0v) is 7.65. The second-order valence-corrected chi connectivity index (χ2v) is 4.96. The molecule has 1 aliphatic carbocycles. The minimum atomic E-state index is 0.0443. The molecule has 1 nitrogen and oxygen atoms in total. The number of aliphatic hydroxyl groups excluding tert-OH is 1. The van der Waals surface area contributed by atoms with Crippen LogP contribution < -0.4 is 0 Å². The van der Waals surface area contributed by atoms with E-state index < -0.39 is 0 Å². The molecular weight excluding hydrogens is 156 g/mol. The van der Waals surface area contributed by atoms with Gasteiger partial charge in [0, 0.05) is 0 Å². The molecule has 1 saturated carbocycles. The lowest BCUT2D eigenvalue weighted by molar-refractivity contribution is 0.0913. The fraction of sp³-hybridized carbons (Fsp3) is 1.00. The van der Waals surface area contributed by atoms with Crippen LogP contribution in [0.15, 0.2) is 0 Å². The van der Waals surface area contributed by atoms with E-state index in [-0.39, 0.29) is 6.10 Å². The lowest BCUT2D eigenvalue weighted by Gasteiger charge is -2.25. The van der Waals surface area contributed by atoms with Crippen LogP contribution in [0.1, 0.15) is 25.7 Å². The maximum atomic E-state index is 9.80. The summed E-state index contributed by atoms with van der Waals surface area (Å²) in [5, 5.41) is 9.80. The number of hydrogen-bond acceptors (Lipinski definition) is 2. The SMILES string of the molecule is OC(C1CC1)C1CCCSC1. The predicted octanol–water partition coefficient (Wildman–Crippen LogP) is 1.90. The van der Waals surface area contributed by atoms with Gasteiger partial charge in [0.1, 0.15) is 0 Å². The standard InChI is InChI=1S/C9H16OS/c10-9(7-3-4-7)8-2-1-5-11-6-8/h7-10H,1-6H2. The van der Waals surface area contributed by atoms with Crippen molar-refractivity contribution in [1.82, 2.24) is 0 Å². The molecule has 2 unspecified atom stereocenters. The Morgan fingerprint density at radius 3 is 2.55 bits per heavy atom. The molecule has 0 amide bonds. The van der Waals surface area contributed by atoms with E-state index in [1.165, 1.54) is 37.2 Å². The van der Waals surface area contributed by atoms with E-state index in [1.807, 2.05) is 11.8 Å². The minimum Gasteiger partial charge on any atom is -0.393 e. The molecule has 2 rings (SSSR count). The third-order valence-corrected chi connectivity index (χ3v) is 4.02. The van der Waals surface area contributed by atoms with E-state index in [0.29, 0.717) is 11.8 Å². The van der Waals surface area contributed by atoms with Crippen molar-refractivity contribution < 1.29 is 5.11 Å². The average molecular weight is 172 g/mol. The quantitative estimate of drug-likeness (QED) is 0.686. The van der Waals surface area contributed by atoms with Crippen molar-refractivity contribution in [2.45, 2.75) is 31.8 Å². The molecule has 1 N–H and O–H groups in total. The third-order valence-electron chi connectivity index (χ3n) is 2.78. The van der Waals surface area contributed by atoms with Gasteiger partial charge in [-0.15, -0.1) is 0 Å². The lowest BCUT2D eigenvalue weighted by atomic mass is 9.95. The molecule has 2 fully saturated rings. The maximum absolute atomic E-state index is 9.80. The zero-order chi connectivity index (χ0) is 7.68. The Morgan fingerprint density at radius 2 is 2.00 bits per heavy atom.